The third kappa shape index (κ3) is 1.82. The molecular weight excluding hydrogens is 152 g/mol. The van der Waals surface area contributed by atoms with E-state index in [2.05, 4.69) is 20.8 Å². The largest absolute Gasteiger partial charge is 0.305 e. The summed E-state index contributed by atoms with van der Waals surface area (Å²) in [5, 5.41) is 0.375. The average Bonchev–Trinajstić information content (AvgIpc) is 1.88. The van der Waals surface area contributed by atoms with E-state index < -0.39 is 0 Å². The summed E-state index contributed by atoms with van der Waals surface area (Å²) in [6, 6.07) is 0. The monoisotopic (exact) mass is 158 g/mol. The molecule has 0 saturated heterocycles. The Bertz CT molecular complexity index is 215. The Morgan fingerprint density at radius 2 is 2.30 bits per heavy atom. The smallest absolute Gasteiger partial charge is 0.160 e. The van der Waals surface area contributed by atoms with Crippen molar-refractivity contribution < 1.29 is 0 Å². The van der Waals surface area contributed by atoms with Gasteiger partial charge in [-0.3, -0.25) is 4.98 Å². The highest BCUT2D eigenvalue weighted by atomic mass is 35.5. The van der Waals surface area contributed by atoms with Gasteiger partial charge in [0.2, 0.25) is 0 Å². The summed E-state index contributed by atoms with van der Waals surface area (Å²) in [7, 11) is 1.74. The van der Waals surface area contributed by atoms with Gasteiger partial charge in [-0.05, 0) is 0 Å². The van der Waals surface area contributed by atoms with Crippen molar-refractivity contribution in [3.8, 4) is 0 Å². The Balaban J connectivity index is 2.75. The molecule has 0 spiro atoms. The fourth-order valence-corrected chi connectivity index (χ4v) is 0.678. The highest BCUT2D eigenvalue weighted by Gasteiger charge is 1.91. The van der Waals surface area contributed by atoms with Crippen molar-refractivity contribution in [3.63, 3.8) is 0 Å². The molecule has 54 valence electrons. The highest BCUT2D eigenvalue weighted by Crippen LogP contribution is 2.04. The van der Waals surface area contributed by atoms with Crippen LogP contribution in [0.15, 0.2) is 12.4 Å². The molecule has 0 aliphatic heterocycles. The zero-order valence-corrected chi connectivity index (χ0v) is 6.18. The first-order chi connectivity index (χ1) is 4.83. The summed E-state index contributed by atoms with van der Waals surface area (Å²) < 4.78 is 0. The van der Waals surface area contributed by atoms with Gasteiger partial charge in [-0.1, -0.05) is 11.6 Å². The Morgan fingerprint density at radius 3 is 2.90 bits per heavy atom. The standard InChI is InChI=1S/C5H7ClN4/c1-7-10-5-3-8-2-4(6)9-5/h2-3,7H,1H3,(H,9,10). The molecule has 2 N–H and O–H groups in total. The van der Waals surface area contributed by atoms with Crippen LogP contribution < -0.4 is 10.9 Å². The maximum atomic E-state index is 5.54. The normalized spacial score (nSPS) is 9.40. The molecule has 0 radical (unpaired) electrons. The second-order valence-electron chi connectivity index (χ2n) is 1.60. The molecular formula is C5H7ClN4. The molecule has 1 heterocycles. The van der Waals surface area contributed by atoms with E-state index in [1.165, 1.54) is 6.20 Å². The average molecular weight is 159 g/mol. The van der Waals surface area contributed by atoms with Gasteiger partial charge < -0.3 is 5.43 Å². The zero-order chi connectivity index (χ0) is 7.40. The van der Waals surface area contributed by atoms with E-state index in [-0.39, 0.29) is 0 Å². The molecule has 0 fully saturated rings. The van der Waals surface area contributed by atoms with E-state index in [1.54, 1.807) is 13.2 Å². The molecule has 0 aliphatic rings. The maximum absolute atomic E-state index is 5.54. The molecule has 0 bridgehead atoms. The van der Waals surface area contributed by atoms with Gasteiger partial charge in [-0.25, -0.2) is 10.4 Å². The van der Waals surface area contributed by atoms with Crippen LogP contribution in [0.3, 0.4) is 0 Å². The first-order valence-electron chi connectivity index (χ1n) is 2.73. The summed E-state index contributed by atoms with van der Waals surface area (Å²) in [5.41, 5.74) is 5.44. The minimum atomic E-state index is 0.375. The van der Waals surface area contributed by atoms with Crippen molar-refractivity contribution in [3.05, 3.63) is 17.5 Å². The van der Waals surface area contributed by atoms with Crippen LogP contribution in [0.5, 0.6) is 0 Å². The van der Waals surface area contributed by atoms with E-state index in [9.17, 15) is 0 Å². The minimum Gasteiger partial charge on any atom is -0.305 e. The molecule has 0 saturated carbocycles. The summed E-state index contributed by atoms with van der Waals surface area (Å²) in [6.07, 6.45) is 3.05. The van der Waals surface area contributed by atoms with Gasteiger partial charge in [-0.15, -0.1) is 0 Å². The molecule has 1 aromatic rings. The van der Waals surface area contributed by atoms with Crippen molar-refractivity contribution >= 4 is 17.4 Å². The van der Waals surface area contributed by atoms with Gasteiger partial charge >= 0.3 is 0 Å². The summed E-state index contributed by atoms with van der Waals surface area (Å²) in [6.45, 7) is 0. The summed E-state index contributed by atoms with van der Waals surface area (Å²) >= 11 is 5.54. The van der Waals surface area contributed by atoms with Crippen molar-refractivity contribution in [1.82, 2.24) is 15.4 Å². The topological polar surface area (TPSA) is 49.8 Å². The zero-order valence-electron chi connectivity index (χ0n) is 5.43. The molecule has 0 aromatic carbocycles. The van der Waals surface area contributed by atoms with Crippen molar-refractivity contribution in [2.45, 2.75) is 0 Å². The van der Waals surface area contributed by atoms with Crippen LogP contribution >= 0.6 is 11.6 Å². The molecule has 1 rings (SSSR count). The lowest BCUT2D eigenvalue weighted by atomic mass is 10.7. The van der Waals surface area contributed by atoms with Gasteiger partial charge in [0.15, 0.2) is 5.82 Å². The van der Waals surface area contributed by atoms with Gasteiger partial charge in [0.25, 0.3) is 0 Å². The van der Waals surface area contributed by atoms with Gasteiger partial charge in [-0.2, -0.15) is 0 Å². The first kappa shape index (κ1) is 7.24. The second-order valence-corrected chi connectivity index (χ2v) is 1.99. The molecule has 10 heavy (non-hydrogen) atoms. The maximum Gasteiger partial charge on any atom is 0.160 e. The fourth-order valence-electron chi connectivity index (χ4n) is 0.530. The Morgan fingerprint density at radius 1 is 1.50 bits per heavy atom. The number of nitrogens with one attached hydrogen (secondary N) is 2. The molecule has 0 amide bonds. The van der Waals surface area contributed by atoms with Crippen molar-refractivity contribution in [2.24, 2.45) is 0 Å². The van der Waals surface area contributed by atoms with E-state index in [0.29, 0.717) is 11.0 Å². The minimum absolute atomic E-state index is 0.375. The SMILES string of the molecule is CNNc1cncc(Cl)n1. The molecule has 0 atom stereocenters. The fraction of sp³-hybridized carbons (Fsp3) is 0.200. The third-order valence-electron chi connectivity index (χ3n) is 0.858. The summed E-state index contributed by atoms with van der Waals surface area (Å²) in [5.74, 6) is 0.606. The first-order valence-corrected chi connectivity index (χ1v) is 3.11. The van der Waals surface area contributed by atoms with Crippen LogP contribution in [-0.2, 0) is 0 Å². The molecule has 0 aliphatic carbocycles. The number of hydrogen-bond donors (Lipinski definition) is 2. The highest BCUT2D eigenvalue weighted by molar-refractivity contribution is 6.29. The number of rotatable bonds is 2. The predicted octanol–water partition coefficient (Wildman–Crippen LogP) is 0.676. The molecule has 0 unspecified atom stereocenters. The number of hydrogen-bond acceptors (Lipinski definition) is 4. The van der Waals surface area contributed by atoms with Crippen LogP contribution in [-0.4, -0.2) is 17.0 Å². The quantitative estimate of drug-likeness (QED) is 0.622. The molecule has 1 aromatic heterocycles. The third-order valence-corrected chi connectivity index (χ3v) is 1.04. The Hall–Kier alpha value is -0.870. The van der Waals surface area contributed by atoms with Crippen molar-refractivity contribution in [1.29, 1.82) is 0 Å². The van der Waals surface area contributed by atoms with Crippen LogP contribution in [0.1, 0.15) is 0 Å². The van der Waals surface area contributed by atoms with Gasteiger partial charge in [0.1, 0.15) is 5.15 Å². The van der Waals surface area contributed by atoms with Crippen LogP contribution in [0, 0.1) is 0 Å². The lowest BCUT2D eigenvalue weighted by Gasteiger charge is -2.00. The molecule has 4 nitrogen and oxygen atoms in total. The predicted molar refractivity (Wildman–Crippen MR) is 39.7 cm³/mol. The van der Waals surface area contributed by atoms with Crippen molar-refractivity contribution in [2.75, 3.05) is 12.5 Å². The molecule has 5 heteroatoms. The number of nitrogens with zero attached hydrogens (tertiary/aromatic N) is 2. The number of aromatic nitrogens is 2. The van der Waals surface area contributed by atoms with E-state index >= 15 is 0 Å². The summed E-state index contributed by atoms with van der Waals surface area (Å²) in [4.78, 5) is 7.70. The lowest BCUT2D eigenvalue weighted by molar-refractivity contribution is 0.958. The van der Waals surface area contributed by atoms with Crippen LogP contribution in [0.4, 0.5) is 5.82 Å². The van der Waals surface area contributed by atoms with E-state index in [4.69, 9.17) is 11.6 Å². The van der Waals surface area contributed by atoms with Crippen LogP contribution in [0.25, 0.3) is 0 Å². The van der Waals surface area contributed by atoms with E-state index in [1.807, 2.05) is 0 Å². The lowest BCUT2D eigenvalue weighted by Crippen LogP contribution is -2.16. The Labute approximate surface area is 63.6 Å². The van der Waals surface area contributed by atoms with E-state index in [0.717, 1.165) is 0 Å². The second kappa shape index (κ2) is 3.34. The number of anilines is 1. The van der Waals surface area contributed by atoms with Gasteiger partial charge in [0.05, 0.1) is 12.4 Å². The number of hydrazine groups is 1. The van der Waals surface area contributed by atoms with Gasteiger partial charge in [0, 0.05) is 7.05 Å². The van der Waals surface area contributed by atoms with Crippen LogP contribution in [0.2, 0.25) is 5.15 Å². The number of halogens is 1. The Kier molecular flexibility index (Phi) is 2.42.